The van der Waals surface area contributed by atoms with Crippen molar-refractivity contribution in [3.8, 4) is 11.3 Å². The van der Waals surface area contributed by atoms with Crippen LogP contribution in [0.3, 0.4) is 0 Å². The van der Waals surface area contributed by atoms with Crippen molar-refractivity contribution in [3.63, 3.8) is 0 Å². The Morgan fingerprint density at radius 2 is 1.88 bits per heavy atom. The van der Waals surface area contributed by atoms with E-state index in [1.54, 1.807) is 37.3 Å². The Morgan fingerprint density at radius 3 is 2.67 bits per heavy atom. The van der Waals surface area contributed by atoms with E-state index in [0.29, 0.717) is 33.5 Å². The Labute approximate surface area is 148 Å². The molecule has 4 nitrogen and oxygen atoms in total. The average Bonchev–Trinajstić information content (AvgIpc) is 2.57. The molecule has 1 aromatic carbocycles. The lowest BCUT2D eigenvalue weighted by Gasteiger charge is -2.11. The van der Waals surface area contributed by atoms with E-state index in [1.807, 2.05) is 12.1 Å². The molecule has 0 saturated carbocycles. The molecule has 0 unspecified atom stereocenters. The van der Waals surface area contributed by atoms with Gasteiger partial charge in [0.05, 0.1) is 10.7 Å². The van der Waals surface area contributed by atoms with E-state index < -0.39 is 0 Å². The van der Waals surface area contributed by atoms with Gasteiger partial charge in [0.1, 0.15) is 22.5 Å². The molecule has 0 aliphatic heterocycles. The fourth-order valence-corrected chi connectivity index (χ4v) is 2.97. The van der Waals surface area contributed by atoms with Crippen LogP contribution in [0.2, 0.25) is 5.02 Å². The zero-order valence-electron chi connectivity index (χ0n) is 12.8. The summed E-state index contributed by atoms with van der Waals surface area (Å²) in [6, 6.07) is 13.7. The Bertz CT molecular complexity index is 888. The van der Waals surface area contributed by atoms with Crippen molar-refractivity contribution in [3.05, 3.63) is 64.9 Å². The number of anilines is 2. The van der Waals surface area contributed by atoms with Gasteiger partial charge >= 0.3 is 0 Å². The first kappa shape index (κ1) is 16.5. The van der Waals surface area contributed by atoms with Gasteiger partial charge in [-0.15, -0.1) is 0 Å². The first-order valence-corrected chi connectivity index (χ1v) is 8.31. The van der Waals surface area contributed by atoms with Crippen LogP contribution in [0.1, 0.15) is 5.56 Å². The first-order chi connectivity index (χ1) is 11.5. The highest BCUT2D eigenvalue weighted by Crippen LogP contribution is 2.31. The number of benzene rings is 1. The second-order valence-corrected chi connectivity index (χ2v) is 6.28. The maximum Gasteiger partial charge on any atom is 0.136 e. The zero-order chi connectivity index (χ0) is 17.1. The predicted molar refractivity (Wildman–Crippen MR) is 97.5 cm³/mol. The standard InChI is InChI=1S/C17H14ClFN4S/c1-10-11(4-2-5-13(10)19)17-12(18)8-9-15(22-17)23-24-16-7-3-6-14(20)21-16/h2-9H,1H3,(H2,20,21)(H,22,23). The molecule has 0 atom stereocenters. The molecule has 0 saturated heterocycles. The molecule has 0 radical (unpaired) electrons. The molecular formula is C17H14ClFN4S. The minimum atomic E-state index is -0.290. The van der Waals surface area contributed by atoms with Crippen LogP contribution in [-0.4, -0.2) is 9.97 Å². The molecule has 2 aromatic heterocycles. The van der Waals surface area contributed by atoms with Crippen molar-refractivity contribution in [1.82, 2.24) is 9.97 Å². The monoisotopic (exact) mass is 360 g/mol. The highest BCUT2D eigenvalue weighted by Gasteiger charge is 2.12. The Morgan fingerprint density at radius 1 is 1.08 bits per heavy atom. The van der Waals surface area contributed by atoms with Gasteiger partial charge in [-0.3, -0.25) is 0 Å². The fourth-order valence-electron chi connectivity index (χ4n) is 2.14. The number of nitrogens with zero attached hydrogens (tertiary/aromatic N) is 2. The number of aromatic nitrogens is 2. The van der Waals surface area contributed by atoms with Crippen molar-refractivity contribution < 1.29 is 4.39 Å². The van der Waals surface area contributed by atoms with E-state index in [1.165, 1.54) is 18.0 Å². The van der Waals surface area contributed by atoms with Gasteiger partial charge in [-0.25, -0.2) is 14.4 Å². The van der Waals surface area contributed by atoms with Crippen molar-refractivity contribution in [1.29, 1.82) is 0 Å². The fraction of sp³-hybridized carbons (Fsp3) is 0.0588. The van der Waals surface area contributed by atoms with Gasteiger partial charge < -0.3 is 10.5 Å². The molecule has 0 bridgehead atoms. The highest BCUT2D eigenvalue weighted by atomic mass is 35.5. The molecule has 7 heteroatoms. The molecule has 0 fully saturated rings. The second kappa shape index (κ2) is 7.07. The number of halogens is 2. The van der Waals surface area contributed by atoms with Gasteiger partial charge in [0.2, 0.25) is 0 Å². The lowest BCUT2D eigenvalue weighted by Crippen LogP contribution is -1.97. The quantitative estimate of drug-likeness (QED) is 0.645. The topological polar surface area (TPSA) is 63.8 Å². The summed E-state index contributed by atoms with van der Waals surface area (Å²) in [5.74, 6) is 0.747. The lowest BCUT2D eigenvalue weighted by molar-refractivity contribution is 0.619. The predicted octanol–water partition coefficient (Wildman–Crippen LogP) is 4.95. The van der Waals surface area contributed by atoms with Gasteiger partial charge in [0.15, 0.2) is 0 Å². The van der Waals surface area contributed by atoms with Crippen LogP contribution in [0.5, 0.6) is 0 Å². The van der Waals surface area contributed by atoms with E-state index in [-0.39, 0.29) is 5.82 Å². The van der Waals surface area contributed by atoms with Gasteiger partial charge in [-0.2, -0.15) is 0 Å². The third-order valence-electron chi connectivity index (χ3n) is 3.37. The molecule has 0 spiro atoms. The number of nitrogen functional groups attached to an aromatic ring is 1. The van der Waals surface area contributed by atoms with E-state index in [9.17, 15) is 4.39 Å². The van der Waals surface area contributed by atoms with Crippen molar-refractivity contribution in [2.45, 2.75) is 11.9 Å². The molecule has 0 aliphatic rings. The molecule has 3 N–H and O–H groups in total. The summed E-state index contributed by atoms with van der Waals surface area (Å²) < 4.78 is 16.9. The minimum Gasteiger partial charge on any atom is -0.384 e. The number of nitrogens with two attached hydrogens (primary N) is 1. The molecule has 24 heavy (non-hydrogen) atoms. The third-order valence-corrected chi connectivity index (χ3v) is 4.43. The van der Waals surface area contributed by atoms with Gasteiger partial charge in [-0.05, 0) is 42.8 Å². The summed E-state index contributed by atoms with van der Waals surface area (Å²) in [6.45, 7) is 1.70. The van der Waals surface area contributed by atoms with Crippen LogP contribution in [0.4, 0.5) is 16.0 Å². The third kappa shape index (κ3) is 3.60. The molecule has 3 rings (SSSR count). The summed E-state index contributed by atoms with van der Waals surface area (Å²) in [6.07, 6.45) is 0. The van der Waals surface area contributed by atoms with Crippen LogP contribution in [0.25, 0.3) is 11.3 Å². The molecule has 2 heterocycles. The SMILES string of the molecule is Cc1c(F)cccc1-c1nc(NSc2cccc(N)n2)ccc1Cl. The number of nitrogens with one attached hydrogen (secondary N) is 1. The molecule has 0 aliphatic carbocycles. The van der Waals surface area contributed by atoms with Crippen molar-refractivity contribution >= 4 is 35.2 Å². The van der Waals surface area contributed by atoms with Crippen molar-refractivity contribution in [2.75, 3.05) is 10.5 Å². The number of hydrogen-bond acceptors (Lipinski definition) is 5. The normalized spacial score (nSPS) is 10.6. The Balaban J connectivity index is 1.88. The van der Waals surface area contributed by atoms with E-state index >= 15 is 0 Å². The Hall–Kier alpha value is -2.31. The number of rotatable bonds is 4. The second-order valence-electron chi connectivity index (χ2n) is 5.04. The summed E-state index contributed by atoms with van der Waals surface area (Å²) >= 11 is 7.53. The average molecular weight is 361 g/mol. The lowest BCUT2D eigenvalue weighted by atomic mass is 10.0. The molecule has 122 valence electrons. The van der Waals surface area contributed by atoms with Crippen LogP contribution < -0.4 is 10.5 Å². The van der Waals surface area contributed by atoms with Gasteiger partial charge in [0, 0.05) is 17.5 Å². The number of hydrogen-bond donors (Lipinski definition) is 2. The van der Waals surface area contributed by atoms with E-state index in [2.05, 4.69) is 14.7 Å². The van der Waals surface area contributed by atoms with Crippen LogP contribution in [-0.2, 0) is 0 Å². The molecule has 3 aromatic rings. The zero-order valence-corrected chi connectivity index (χ0v) is 14.3. The summed E-state index contributed by atoms with van der Waals surface area (Å²) in [5, 5.41) is 1.18. The Kier molecular flexibility index (Phi) is 4.87. The molecular weight excluding hydrogens is 347 g/mol. The maximum absolute atomic E-state index is 13.8. The van der Waals surface area contributed by atoms with E-state index in [4.69, 9.17) is 17.3 Å². The summed E-state index contributed by atoms with van der Waals surface area (Å²) in [7, 11) is 0. The maximum atomic E-state index is 13.8. The van der Waals surface area contributed by atoms with E-state index in [0.717, 1.165) is 5.03 Å². The smallest absolute Gasteiger partial charge is 0.136 e. The van der Waals surface area contributed by atoms with Crippen LogP contribution >= 0.6 is 23.5 Å². The molecule has 0 amide bonds. The van der Waals surface area contributed by atoms with Crippen LogP contribution in [0.15, 0.2) is 53.6 Å². The van der Waals surface area contributed by atoms with Crippen molar-refractivity contribution in [2.24, 2.45) is 0 Å². The summed E-state index contributed by atoms with van der Waals surface area (Å²) in [4.78, 5) is 8.68. The van der Waals surface area contributed by atoms with Crippen LogP contribution in [0, 0.1) is 12.7 Å². The highest BCUT2D eigenvalue weighted by molar-refractivity contribution is 8.00. The van der Waals surface area contributed by atoms with Gasteiger partial charge in [-0.1, -0.05) is 29.8 Å². The summed E-state index contributed by atoms with van der Waals surface area (Å²) in [5.41, 5.74) is 7.36. The first-order valence-electron chi connectivity index (χ1n) is 7.12. The minimum absolute atomic E-state index is 0.290. The largest absolute Gasteiger partial charge is 0.384 e. The van der Waals surface area contributed by atoms with Gasteiger partial charge in [0.25, 0.3) is 0 Å². The number of pyridine rings is 2.